The van der Waals surface area contributed by atoms with Crippen LogP contribution >= 0.6 is 0 Å². The van der Waals surface area contributed by atoms with Gasteiger partial charge in [0.2, 0.25) is 10.0 Å². The number of benzene rings is 2. The third-order valence-corrected chi connectivity index (χ3v) is 9.13. The lowest BCUT2D eigenvalue weighted by Gasteiger charge is -2.37. The summed E-state index contributed by atoms with van der Waals surface area (Å²) in [6.07, 6.45) is 4.78. The second-order valence-corrected chi connectivity index (χ2v) is 11.8. The molecule has 0 atom stereocenters. The molecule has 2 fully saturated rings. The average Bonchev–Trinajstić information content (AvgIpc) is 3.26. The molecule has 2 saturated heterocycles. The molecule has 6 heteroatoms. The fourth-order valence-corrected chi connectivity index (χ4v) is 6.04. The smallest absolute Gasteiger partial charge is 0.243 e. The van der Waals surface area contributed by atoms with Crippen molar-refractivity contribution in [1.29, 1.82) is 0 Å². The van der Waals surface area contributed by atoms with Crippen LogP contribution in [0, 0.1) is 0 Å². The Bertz CT molecular complexity index is 1020. The first-order chi connectivity index (χ1) is 15.2. The van der Waals surface area contributed by atoms with Crippen molar-refractivity contribution in [2.75, 3.05) is 19.7 Å². The van der Waals surface area contributed by atoms with Crippen molar-refractivity contribution in [3.05, 3.63) is 54.1 Å². The zero-order chi connectivity index (χ0) is 22.8. The van der Waals surface area contributed by atoms with E-state index in [1.165, 1.54) is 5.56 Å². The van der Waals surface area contributed by atoms with Crippen molar-refractivity contribution in [3.63, 3.8) is 0 Å². The minimum Gasteiger partial charge on any atom is -0.375 e. The molecule has 32 heavy (non-hydrogen) atoms. The molecule has 2 heterocycles. The number of sulfonamides is 1. The molecule has 4 rings (SSSR count). The summed E-state index contributed by atoms with van der Waals surface area (Å²) in [6, 6.07) is 15.7. The zero-order valence-electron chi connectivity index (χ0n) is 19.6. The van der Waals surface area contributed by atoms with E-state index in [9.17, 15) is 8.42 Å². The van der Waals surface area contributed by atoms with Crippen LogP contribution in [0.15, 0.2) is 53.4 Å². The maximum atomic E-state index is 13.3. The molecule has 2 aromatic carbocycles. The Hall–Kier alpha value is -1.73. The summed E-state index contributed by atoms with van der Waals surface area (Å²) >= 11 is 0. The Morgan fingerprint density at radius 3 is 2.38 bits per heavy atom. The monoisotopic (exact) mass is 456 g/mol. The first-order valence-electron chi connectivity index (χ1n) is 11.8. The summed E-state index contributed by atoms with van der Waals surface area (Å²) in [6.45, 7) is 9.27. The van der Waals surface area contributed by atoms with E-state index in [1.807, 2.05) is 12.1 Å². The first-order valence-corrected chi connectivity index (χ1v) is 13.3. The summed E-state index contributed by atoms with van der Waals surface area (Å²) < 4.78 is 34.2. The van der Waals surface area contributed by atoms with Gasteiger partial charge >= 0.3 is 0 Å². The van der Waals surface area contributed by atoms with Crippen LogP contribution in [0.2, 0.25) is 0 Å². The third kappa shape index (κ3) is 5.09. The van der Waals surface area contributed by atoms with Gasteiger partial charge in [0.1, 0.15) is 0 Å². The maximum Gasteiger partial charge on any atom is 0.243 e. The Kier molecular flexibility index (Phi) is 6.78. The second-order valence-electron chi connectivity index (χ2n) is 9.85. The lowest BCUT2D eigenvalue weighted by Crippen LogP contribution is -2.46. The molecule has 5 nitrogen and oxygen atoms in total. The van der Waals surface area contributed by atoms with Gasteiger partial charge in [-0.2, -0.15) is 4.31 Å². The highest BCUT2D eigenvalue weighted by atomic mass is 32.2. The van der Waals surface area contributed by atoms with Crippen molar-refractivity contribution >= 4 is 10.0 Å². The van der Waals surface area contributed by atoms with Crippen molar-refractivity contribution in [2.45, 2.75) is 75.5 Å². The van der Waals surface area contributed by atoms with Crippen molar-refractivity contribution in [3.8, 4) is 11.1 Å². The van der Waals surface area contributed by atoms with Crippen LogP contribution in [0.1, 0.15) is 58.4 Å². The third-order valence-electron chi connectivity index (χ3n) is 7.23. The highest BCUT2D eigenvalue weighted by Gasteiger charge is 2.41. The average molecular weight is 457 g/mol. The van der Waals surface area contributed by atoms with E-state index in [-0.39, 0.29) is 11.1 Å². The van der Waals surface area contributed by atoms with Gasteiger partial charge in [-0.1, -0.05) is 43.3 Å². The number of nitrogens with one attached hydrogen (secondary N) is 1. The van der Waals surface area contributed by atoms with E-state index >= 15 is 0 Å². The normalized spacial score (nSPS) is 19.5. The van der Waals surface area contributed by atoms with E-state index in [0.29, 0.717) is 18.0 Å². The van der Waals surface area contributed by atoms with Gasteiger partial charge < -0.3 is 10.1 Å². The molecule has 1 spiro atoms. The number of hydrogen-bond donors (Lipinski definition) is 1. The maximum absolute atomic E-state index is 13.3. The molecule has 0 bridgehead atoms. The van der Waals surface area contributed by atoms with Crippen LogP contribution in [-0.4, -0.2) is 43.6 Å². The standard InChI is InChI=1S/C26H36N2O3S/c1-4-25(2,3)27-20-21-9-11-22(12-10-21)23-7-5-8-24(19-23)32(29,30)28-16-14-26(15-17-28)13-6-18-31-26/h5,7-12,19,27H,4,6,13-18,20H2,1-3H3. The van der Waals surface area contributed by atoms with E-state index in [0.717, 1.165) is 56.4 Å². The lowest BCUT2D eigenvalue weighted by atomic mass is 9.90. The minimum absolute atomic E-state index is 0.0865. The summed E-state index contributed by atoms with van der Waals surface area (Å²) in [5.41, 5.74) is 3.19. The van der Waals surface area contributed by atoms with Gasteiger partial charge in [-0.25, -0.2) is 8.42 Å². The second kappa shape index (κ2) is 9.26. The predicted octanol–water partition coefficient (Wildman–Crippen LogP) is 4.97. The van der Waals surface area contributed by atoms with Crippen molar-refractivity contribution in [2.24, 2.45) is 0 Å². The molecule has 1 N–H and O–H groups in total. The van der Waals surface area contributed by atoms with E-state index in [2.05, 4.69) is 50.4 Å². The topological polar surface area (TPSA) is 58.6 Å². The Balaban J connectivity index is 1.46. The van der Waals surface area contributed by atoms with Crippen LogP contribution in [0.25, 0.3) is 11.1 Å². The summed E-state index contributed by atoms with van der Waals surface area (Å²) in [7, 11) is -3.51. The molecule has 0 amide bonds. The van der Waals surface area contributed by atoms with Crippen molar-refractivity contribution in [1.82, 2.24) is 9.62 Å². The largest absolute Gasteiger partial charge is 0.375 e. The van der Waals surface area contributed by atoms with Crippen LogP contribution in [0.5, 0.6) is 0 Å². The van der Waals surface area contributed by atoms with E-state index in [4.69, 9.17) is 4.74 Å². The van der Waals surface area contributed by atoms with Crippen LogP contribution in [-0.2, 0) is 21.3 Å². The van der Waals surface area contributed by atoms with Crippen LogP contribution in [0.3, 0.4) is 0 Å². The first kappa shape index (κ1) is 23.4. The molecule has 2 aliphatic rings. The molecule has 0 aromatic heterocycles. The molecule has 0 saturated carbocycles. The Morgan fingerprint density at radius 1 is 1.03 bits per heavy atom. The number of ether oxygens (including phenoxy) is 1. The number of nitrogens with zero attached hydrogens (tertiary/aromatic N) is 1. The summed E-state index contributed by atoms with van der Waals surface area (Å²) in [5.74, 6) is 0. The number of hydrogen-bond acceptors (Lipinski definition) is 4. The highest BCUT2D eigenvalue weighted by Crippen LogP contribution is 2.37. The van der Waals surface area contributed by atoms with Gasteiger partial charge in [-0.3, -0.25) is 0 Å². The lowest BCUT2D eigenvalue weighted by molar-refractivity contribution is -0.0309. The molecule has 0 radical (unpaired) electrons. The Labute approximate surface area is 193 Å². The molecule has 0 unspecified atom stereocenters. The van der Waals surface area contributed by atoms with Gasteiger partial charge in [0.05, 0.1) is 10.5 Å². The zero-order valence-corrected chi connectivity index (χ0v) is 20.4. The van der Waals surface area contributed by atoms with Crippen molar-refractivity contribution < 1.29 is 13.2 Å². The van der Waals surface area contributed by atoms with Gasteiger partial charge in [0, 0.05) is 31.8 Å². The minimum atomic E-state index is -3.51. The molecular formula is C26H36N2O3S. The SMILES string of the molecule is CCC(C)(C)NCc1ccc(-c2cccc(S(=O)(=O)N3CCC4(CCCO4)CC3)c2)cc1. The molecule has 2 aliphatic heterocycles. The molecule has 174 valence electrons. The molecule has 0 aliphatic carbocycles. The number of piperidine rings is 1. The van der Waals surface area contributed by atoms with E-state index in [1.54, 1.807) is 16.4 Å². The quantitative estimate of drug-likeness (QED) is 0.639. The Morgan fingerprint density at radius 2 is 1.75 bits per heavy atom. The summed E-state index contributed by atoms with van der Waals surface area (Å²) in [4.78, 5) is 0.369. The molecule has 2 aromatic rings. The van der Waals surface area contributed by atoms with Crippen LogP contribution in [0.4, 0.5) is 0 Å². The van der Waals surface area contributed by atoms with Gasteiger partial charge in [-0.15, -0.1) is 0 Å². The number of rotatable bonds is 7. The predicted molar refractivity (Wildman–Crippen MR) is 129 cm³/mol. The van der Waals surface area contributed by atoms with Gasteiger partial charge in [0.25, 0.3) is 0 Å². The fraction of sp³-hybridized carbons (Fsp3) is 0.538. The van der Waals surface area contributed by atoms with Gasteiger partial charge in [-0.05, 0) is 74.8 Å². The van der Waals surface area contributed by atoms with Gasteiger partial charge in [0.15, 0.2) is 0 Å². The summed E-state index contributed by atoms with van der Waals surface area (Å²) in [5, 5.41) is 3.57. The van der Waals surface area contributed by atoms with E-state index < -0.39 is 10.0 Å². The fourth-order valence-electron chi connectivity index (χ4n) is 4.55. The molecular weight excluding hydrogens is 420 g/mol. The van der Waals surface area contributed by atoms with Crippen LogP contribution < -0.4 is 5.32 Å². The highest BCUT2D eigenvalue weighted by molar-refractivity contribution is 7.89.